The van der Waals surface area contributed by atoms with Gasteiger partial charge in [-0.2, -0.15) is 0 Å². The zero-order valence-corrected chi connectivity index (χ0v) is 24.7. The summed E-state index contributed by atoms with van der Waals surface area (Å²) in [4.78, 5) is 32.4. The number of nitrogens with zero attached hydrogens (tertiary/aromatic N) is 3. The molecule has 0 aliphatic carbocycles. The van der Waals surface area contributed by atoms with Crippen molar-refractivity contribution >= 4 is 39.7 Å². The minimum Gasteiger partial charge on any atom is -0.483 e. The lowest BCUT2D eigenvalue weighted by molar-refractivity contribution is 0.0841. The summed E-state index contributed by atoms with van der Waals surface area (Å²) >= 11 is 2.19. The Morgan fingerprint density at radius 1 is 0.925 bits per heavy atom. The van der Waals surface area contributed by atoms with Crippen molar-refractivity contribution < 1.29 is 14.3 Å². The molecular formula is C31H35IN4O4. The number of hydrogen-bond donors (Lipinski definition) is 1. The second-order valence-corrected chi connectivity index (χ2v) is 10.7. The lowest BCUT2D eigenvalue weighted by Gasteiger charge is -2.32. The second kappa shape index (κ2) is 13.8. The van der Waals surface area contributed by atoms with Gasteiger partial charge in [0.15, 0.2) is 0 Å². The van der Waals surface area contributed by atoms with Crippen LogP contribution in [0.25, 0.3) is 11.0 Å². The van der Waals surface area contributed by atoms with Crippen LogP contribution in [0, 0.1) is 0 Å². The Hall–Kier alpha value is -3.31. The predicted molar refractivity (Wildman–Crippen MR) is 165 cm³/mol. The molecule has 210 valence electrons. The third kappa shape index (κ3) is 7.25. The SMILES string of the molecule is O=C(OCCCN(Cc1ccccc1)Cc1ccc(OCI)cc1)N1CCC(n2c(=O)[nH]c3ccccc32)CC1. The molecule has 1 N–H and O–H groups in total. The van der Waals surface area contributed by atoms with E-state index in [-0.39, 0.29) is 17.8 Å². The lowest BCUT2D eigenvalue weighted by atomic mass is 10.0. The maximum atomic E-state index is 12.8. The van der Waals surface area contributed by atoms with Crippen molar-refractivity contribution in [2.45, 2.75) is 38.4 Å². The number of alkyl halides is 1. The molecule has 3 aromatic carbocycles. The number of fused-ring (bicyclic) bond motifs is 1. The molecule has 0 bridgehead atoms. The quantitative estimate of drug-likeness (QED) is 0.123. The Labute approximate surface area is 248 Å². The van der Waals surface area contributed by atoms with E-state index in [2.05, 4.69) is 68.9 Å². The molecule has 2 heterocycles. The van der Waals surface area contributed by atoms with Gasteiger partial charge >= 0.3 is 11.8 Å². The highest BCUT2D eigenvalue weighted by Crippen LogP contribution is 2.25. The molecule has 9 heteroatoms. The number of nitrogens with one attached hydrogen (secondary N) is 1. The Morgan fingerprint density at radius 3 is 2.33 bits per heavy atom. The van der Waals surface area contributed by atoms with Crippen LogP contribution in [0.4, 0.5) is 4.79 Å². The fourth-order valence-corrected chi connectivity index (χ4v) is 5.71. The zero-order chi connectivity index (χ0) is 27.7. The van der Waals surface area contributed by atoms with Crippen molar-refractivity contribution in [1.82, 2.24) is 19.4 Å². The van der Waals surface area contributed by atoms with Gasteiger partial charge in [0.05, 0.1) is 17.6 Å². The van der Waals surface area contributed by atoms with E-state index in [1.54, 1.807) is 4.90 Å². The van der Waals surface area contributed by atoms with Crippen LogP contribution in [0.15, 0.2) is 83.7 Å². The van der Waals surface area contributed by atoms with Gasteiger partial charge in [0.25, 0.3) is 0 Å². The molecule has 40 heavy (non-hydrogen) atoms. The van der Waals surface area contributed by atoms with Gasteiger partial charge in [-0.05, 0) is 77.2 Å². The van der Waals surface area contributed by atoms with Crippen molar-refractivity contribution in [2.24, 2.45) is 0 Å². The van der Waals surface area contributed by atoms with E-state index in [1.165, 1.54) is 11.1 Å². The van der Waals surface area contributed by atoms with Gasteiger partial charge in [-0.3, -0.25) is 9.47 Å². The smallest absolute Gasteiger partial charge is 0.409 e. The molecule has 1 fully saturated rings. The van der Waals surface area contributed by atoms with Crippen molar-refractivity contribution in [3.05, 3.63) is 100 Å². The van der Waals surface area contributed by atoms with Gasteiger partial charge in [-0.25, -0.2) is 9.59 Å². The van der Waals surface area contributed by atoms with Gasteiger partial charge in [0.2, 0.25) is 0 Å². The highest BCUT2D eigenvalue weighted by molar-refractivity contribution is 14.1. The number of benzene rings is 3. The molecule has 1 aliphatic rings. The second-order valence-electron chi connectivity index (χ2n) is 10.1. The highest BCUT2D eigenvalue weighted by Gasteiger charge is 2.26. The van der Waals surface area contributed by atoms with Gasteiger partial charge in [0, 0.05) is 38.8 Å². The summed E-state index contributed by atoms with van der Waals surface area (Å²) in [6.07, 6.45) is 1.92. The normalized spacial score (nSPS) is 14.1. The number of aromatic amines is 1. The molecule has 0 atom stereocenters. The van der Waals surface area contributed by atoms with Crippen LogP contribution < -0.4 is 10.4 Å². The molecule has 1 saturated heterocycles. The van der Waals surface area contributed by atoms with Crippen LogP contribution in [-0.4, -0.2) is 56.3 Å². The molecule has 1 aliphatic heterocycles. The van der Waals surface area contributed by atoms with Gasteiger partial charge in [0.1, 0.15) is 10.4 Å². The Morgan fingerprint density at radius 2 is 1.60 bits per heavy atom. The van der Waals surface area contributed by atoms with Gasteiger partial charge in [-0.1, -0.05) is 54.6 Å². The predicted octanol–water partition coefficient (Wildman–Crippen LogP) is 5.97. The van der Waals surface area contributed by atoms with E-state index in [4.69, 9.17) is 9.47 Å². The molecule has 1 amide bonds. The fourth-order valence-electron chi connectivity index (χ4n) is 5.35. The number of likely N-dealkylation sites (tertiary alicyclic amines) is 1. The number of piperidine rings is 1. The van der Waals surface area contributed by atoms with E-state index in [0.29, 0.717) is 24.3 Å². The molecule has 0 radical (unpaired) electrons. The minimum absolute atomic E-state index is 0.0708. The number of ether oxygens (including phenoxy) is 2. The topological polar surface area (TPSA) is 79.8 Å². The number of amides is 1. The van der Waals surface area contributed by atoms with Crippen LogP contribution in [0.3, 0.4) is 0 Å². The first-order valence-electron chi connectivity index (χ1n) is 13.8. The van der Waals surface area contributed by atoms with E-state index in [0.717, 1.165) is 55.7 Å². The first kappa shape index (κ1) is 28.2. The number of hydrogen-bond acceptors (Lipinski definition) is 5. The maximum absolute atomic E-state index is 12.8. The van der Waals surface area contributed by atoms with Crippen molar-refractivity contribution in [2.75, 3.05) is 30.9 Å². The largest absolute Gasteiger partial charge is 0.483 e. The van der Waals surface area contributed by atoms with Crippen LogP contribution in [0.2, 0.25) is 0 Å². The number of aromatic nitrogens is 2. The monoisotopic (exact) mass is 654 g/mol. The van der Waals surface area contributed by atoms with Gasteiger partial charge < -0.3 is 19.4 Å². The van der Waals surface area contributed by atoms with Crippen molar-refractivity contribution in [3.8, 4) is 5.75 Å². The molecule has 1 aromatic heterocycles. The summed E-state index contributed by atoms with van der Waals surface area (Å²) in [6, 6.07) is 26.5. The number of H-pyrrole nitrogens is 1. The molecule has 0 unspecified atom stereocenters. The maximum Gasteiger partial charge on any atom is 0.409 e. The summed E-state index contributed by atoms with van der Waals surface area (Å²) < 4.78 is 13.7. The number of carbonyl (C=O) groups excluding carboxylic acids is 1. The third-order valence-electron chi connectivity index (χ3n) is 7.36. The number of carbonyl (C=O) groups is 1. The van der Waals surface area contributed by atoms with Crippen LogP contribution >= 0.6 is 22.6 Å². The van der Waals surface area contributed by atoms with Crippen LogP contribution in [-0.2, 0) is 17.8 Å². The number of imidazole rings is 1. The summed E-state index contributed by atoms with van der Waals surface area (Å²) in [5, 5.41) is 0. The Balaban J connectivity index is 1.10. The zero-order valence-electron chi connectivity index (χ0n) is 22.5. The van der Waals surface area contributed by atoms with Crippen molar-refractivity contribution in [3.63, 3.8) is 0 Å². The summed E-state index contributed by atoms with van der Waals surface area (Å²) in [6.45, 7) is 3.95. The fraction of sp³-hybridized carbons (Fsp3) is 0.355. The number of para-hydroxylation sites is 2. The van der Waals surface area contributed by atoms with Crippen LogP contribution in [0.5, 0.6) is 5.75 Å². The molecule has 0 saturated carbocycles. The minimum atomic E-state index is -0.273. The Kier molecular flexibility index (Phi) is 9.77. The van der Waals surface area contributed by atoms with Crippen molar-refractivity contribution in [1.29, 1.82) is 0 Å². The first-order valence-corrected chi connectivity index (χ1v) is 15.3. The summed E-state index contributed by atoms with van der Waals surface area (Å²) in [7, 11) is 0. The average molecular weight is 655 g/mol. The van der Waals surface area contributed by atoms with E-state index < -0.39 is 0 Å². The number of halogens is 1. The average Bonchev–Trinajstić information content (AvgIpc) is 3.32. The van der Waals surface area contributed by atoms with Gasteiger partial charge in [-0.15, -0.1) is 0 Å². The lowest BCUT2D eigenvalue weighted by Crippen LogP contribution is -2.41. The first-order chi connectivity index (χ1) is 19.6. The standard InChI is InChI=1S/C31H35IN4O4/c32-23-40-27-13-11-25(12-14-27)22-34(21-24-7-2-1-3-8-24)17-6-20-39-31(38)35-18-15-26(16-19-35)36-29-10-5-4-9-28(29)33-30(36)37/h1-5,7-14,26H,6,15-23H2,(H,33,37). The molecule has 5 rings (SSSR count). The highest BCUT2D eigenvalue weighted by atomic mass is 127. The summed E-state index contributed by atoms with van der Waals surface area (Å²) in [5.74, 6) is 0.872. The molecule has 4 aromatic rings. The van der Waals surface area contributed by atoms with Crippen LogP contribution in [0.1, 0.15) is 36.4 Å². The number of rotatable bonds is 11. The third-order valence-corrected chi connectivity index (χ3v) is 7.67. The van der Waals surface area contributed by atoms with E-state index >= 15 is 0 Å². The molecule has 8 nitrogen and oxygen atoms in total. The van der Waals surface area contributed by atoms with E-state index in [9.17, 15) is 9.59 Å². The van der Waals surface area contributed by atoms with E-state index in [1.807, 2.05) is 47.0 Å². The molecule has 0 spiro atoms. The summed E-state index contributed by atoms with van der Waals surface area (Å²) in [5.41, 5.74) is 4.14. The Bertz CT molecular complexity index is 1430. The molecular weight excluding hydrogens is 619 g/mol.